The van der Waals surface area contributed by atoms with Gasteiger partial charge in [-0.15, -0.1) is 0 Å². The summed E-state index contributed by atoms with van der Waals surface area (Å²) in [6, 6.07) is 8.12. The normalized spacial score (nSPS) is 9.86. The molecule has 0 saturated heterocycles. The molecule has 1 rings (SSSR count). The second-order valence-electron chi connectivity index (χ2n) is 2.99. The molecule has 0 aliphatic carbocycles. The zero-order chi connectivity index (χ0) is 10.4. The van der Waals surface area contributed by atoms with Crippen molar-refractivity contribution in [3.8, 4) is 0 Å². The monoisotopic (exact) mass is 256 g/mol. The number of esters is 1. The van der Waals surface area contributed by atoms with E-state index in [2.05, 4.69) is 28.1 Å². The van der Waals surface area contributed by atoms with Crippen LogP contribution in [0.1, 0.15) is 18.1 Å². The van der Waals surface area contributed by atoms with Gasteiger partial charge in [0.15, 0.2) is 0 Å². The van der Waals surface area contributed by atoms with Crippen LogP contribution in [-0.2, 0) is 21.3 Å². The van der Waals surface area contributed by atoms with Crippen molar-refractivity contribution in [2.45, 2.75) is 18.7 Å². The van der Waals surface area contributed by atoms with Crippen molar-refractivity contribution >= 4 is 21.9 Å². The number of benzene rings is 1. The molecule has 76 valence electrons. The van der Waals surface area contributed by atoms with Crippen LogP contribution < -0.4 is 0 Å². The van der Waals surface area contributed by atoms with Crippen LogP contribution in [0.15, 0.2) is 24.3 Å². The van der Waals surface area contributed by atoms with Gasteiger partial charge in [0.25, 0.3) is 0 Å². The first-order valence-electron chi connectivity index (χ1n) is 4.50. The van der Waals surface area contributed by atoms with E-state index >= 15 is 0 Å². The Morgan fingerprint density at radius 1 is 1.36 bits per heavy atom. The predicted molar refractivity (Wildman–Crippen MR) is 59.4 cm³/mol. The number of rotatable bonds is 4. The van der Waals surface area contributed by atoms with Crippen LogP contribution >= 0.6 is 15.9 Å². The highest BCUT2D eigenvalue weighted by atomic mass is 79.9. The minimum absolute atomic E-state index is 0.221. The molecule has 1 aromatic carbocycles. The second kappa shape index (κ2) is 5.81. The van der Waals surface area contributed by atoms with Crippen molar-refractivity contribution in [2.75, 3.05) is 6.61 Å². The fourth-order valence-electron chi connectivity index (χ4n) is 1.24. The Morgan fingerprint density at radius 3 is 2.57 bits per heavy atom. The van der Waals surface area contributed by atoms with Crippen molar-refractivity contribution in [1.82, 2.24) is 0 Å². The molecular formula is C11H13BrO2. The summed E-state index contributed by atoms with van der Waals surface area (Å²) >= 11 is 3.42. The van der Waals surface area contributed by atoms with Crippen LogP contribution in [0, 0.1) is 0 Å². The largest absolute Gasteiger partial charge is 0.466 e. The van der Waals surface area contributed by atoms with Gasteiger partial charge < -0.3 is 4.74 Å². The van der Waals surface area contributed by atoms with Crippen molar-refractivity contribution < 1.29 is 9.53 Å². The smallest absolute Gasteiger partial charge is 0.302 e. The van der Waals surface area contributed by atoms with Gasteiger partial charge in [0, 0.05) is 18.7 Å². The van der Waals surface area contributed by atoms with Gasteiger partial charge in [-0.25, -0.2) is 0 Å². The van der Waals surface area contributed by atoms with Crippen LogP contribution in [0.2, 0.25) is 0 Å². The fourth-order valence-corrected chi connectivity index (χ4v) is 1.78. The lowest BCUT2D eigenvalue weighted by molar-refractivity contribution is -0.140. The molecule has 0 radical (unpaired) electrons. The van der Waals surface area contributed by atoms with Gasteiger partial charge in [-0.2, -0.15) is 0 Å². The van der Waals surface area contributed by atoms with E-state index in [0.717, 1.165) is 11.8 Å². The van der Waals surface area contributed by atoms with Crippen LogP contribution in [0.4, 0.5) is 0 Å². The molecule has 0 bridgehead atoms. The molecule has 14 heavy (non-hydrogen) atoms. The minimum Gasteiger partial charge on any atom is -0.466 e. The molecule has 0 N–H and O–H groups in total. The average Bonchev–Trinajstić information content (AvgIpc) is 2.18. The zero-order valence-corrected chi connectivity index (χ0v) is 9.71. The molecule has 0 atom stereocenters. The Balaban J connectivity index is 2.53. The third kappa shape index (κ3) is 3.50. The van der Waals surface area contributed by atoms with Crippen LogP contribution in [0.5, 0.6) is 0 Å². The molecule has 0 saturated carbocycles. The van der Waals surface area contributed by atoms with Gasteiger partial charge in [0.05, 0.1) is 6.61 Å². The highest BCUT2D eigenvalue weighted by Gasteiger charge is 2.00. The van der Waals surface area contributed by atoms with E-state index < -0.39 is 0 Å². The maximum Gasteiger partial charge on any atom is 0.302 e. The number of carbonyl (C=O) groups excluding carboxylic acids is 1. The summed E-state index contributed by atoms with van der Waals surface area (Å²) in [6.45, 7) is 1.88. The molecule has 2 nitrogen and oxygen atoms in total. The van der Waals surface area contributed by atoms with Crippen LogP contribution in [-0.4, -0.2) is 12.6 Å². The quantitative estimate of drug-likeness (QED) is 0.612. The zero-order valence-electron chi connectivity index (χ0n) is 8.13. The first-order chi connectivity index (χ1) is 6.74. The highest BCUT2D eigenvalue weighted by Crippen LogP contribution is 2.12. The summed E-state index contributed by atoms with van der Waals surface area (Å²) < 4.78 is 4.89. The van der Waals surface area contributed by atoms with E-state index in [1.165, 1.54) is 18.1 Å². The Morgan fingerprint density at radius 2 is 2.00 bits per heavy atom. The molecule has 0 spiro atoms. The first-order valence-corrected chi connectivity index (χ1v) is 5.62. The Hall–Kier alpha value is -0.830. The number of ether oxygens (including phenoxy) is 1. The standard InChI is InChI=1S/C11H13BrO2/c1-9(13)14-7-6-10-4-2-3-5-11(10)8-12/h2-5H,6-8H2,1H3. The summed E-state index contributed by atoms with van der Waals surface area (Å²) in [6.07, 6.45) is 0.779. The van der Waals surface area contributed by atoms with Gasteiger partial charge in [-0.1, -0.05) is 40.2 Å². The summed E-state index contributed by atoms with van der Waals surface area (Å²) in [5.74, 6) is -0.221. The number of hydrogen-bond donors (Lipinski definition) is 0. The number of alkyl halides is 1. The highest BCUT2D eigenvalue weighted by molar-refractivity contribution is 9.08. The van der Waals surface area contributed by atoms with E-state index in [4.69, 9.17) is 4.74 Å². The molecule has 0 unspecified atom stereocenters. The fraction of sp³-hybridized carbons (Fsp3) is 0.364. The summed E-state index contributed by atoms with van der Waals surface area (Å²) in [5.41, 5.74) is 2.48. The molecule has 0 amide bonds. The Labute approximate surface area is 92.4 Å². The van der Waals surface area contributed by atoms with Crippen LogP contribution in [0.25, 0.3) is 0 Å². The first kappa shape index (κ1) is 11.2. The van der Waals surface area contributed by atoms with Gasteiger partial charge in [-0.3, -0.25) is 4.79 Å². The van der Waals surface area contributed by atoms with E-state index in [9.17, 15) is 4.79 Å². The molecule has 0 aromatic heterocycles. The summed E-state index contributed by atoms with van der Waals surface area (Å²) in [4.78, 5) is 10.6. The van der Waals surface area contributed by atoms with Gasteiger partial charge >= 0.3 is 5.97 Å². The van der Waals surface area contributed by atoms with Gasteiger partial charge in [0.2, 0.25) is 0 Å². The third-order valence-corrected chi connectivity index (χ3v) is 2.54. The number of hydrogen-bond acceptors (Lipinski definition) is 2. The maximum absolute atomic E-state index is 10.6. The Kier molecular flexibility index (Phi) is 4.66. The van der Waals surface area contributed by atoms with Crippen molar-refractivity contribution in [3.63, 3.8) is 0 Å². The molecule has 1 aromatic rings. The Bertz CT molecular complexity index is 310. The molecule has 0 aliphatic heterocycles. The number of halogens is 1. The predicted octanol–water partition coefficient (Wildman–Crippen LogP) is 2.69. The average molecular weight is 257 g/mol. The molecule has 0 aliphatic rings. The van der Waals surface area contributed by atoms with Gasteiger partial charge in [-0.05, 0) is 11.1 Å². The van der Waals surface area contributed by atoms with Crippen molar-refractivity contribution in [3.05, 3.63) is 35.4 Å². The van der Waals surface area contributed by atoms with E-state index in [-0.39, 0.29) is 5.97 Å². The molecule has 0 fully saturated rings. The van der Waals surface area contributed by atoms with E-state index in [1.807, 2.05) is 12.1 Å². The lowest BCUT2D eigenvalue weighted by atomic mass is 10.1. The summed E-state index contributed by atoms with van der Waals surface area (Å²) in [5, 5.41) is 0.837. The van der Waals surface area contributed by atoms with Crippen LogP contribution in [0.3, 0.4) is 0 Å². The lowest BCUT2D eigenvalue weighted by Gasteiger charge is -2.06. The number of carbonyl (C=O) groups is 1. The summed E-state index contributed by atoms with van der Waals surface area (Å²) in [7, 11) is 0. The maximum atomic E-state index is 10.6. The van der Waals surface area contributed by atoms with E-state index in [1.54, 1.807) is 0 Å². The van der Waals surface area contributed by atoms with E-state index in [0.29, 0.717) is 6.61 Å². The SMILES string of the molecule is CC(=O)OCCc1ccccc1CBr. The van der Waals surface area contributed by atoms with Crippen molar-refractivity contribution in [1.29, 1.82) is 0 Å². The third-order valence-electron chi connectivity index (χ3n) is 1.94. The second-order valence-corrected chi connectivity index (χ2v) is 3.55. The minimum atomic E-state index is -0.221. The lowest BCUT2D eigenvalue weighted by Crippen LogP contribution is -2.04. The van der Waals surface area contributed by atoms with Crippen molar-refractivity contribution in [2.24, 2.45) is 0 Å². The molecule has 3 heteroatoms. The topological polar surface area (TPSA) is 26.3 Å². The molecular weight excluding hydrogens is 244 g/mol. The molecule has 0 heterocycles. The van der Waals surface area contributed by atoms with Gasteiger partial charge in [0.1, 0.15) is 0 Å².